The largest absolute Gasteiger partial charge is 0.295 e. The molecule has 0 amide bonds. The Hall–Kier alpha value is -0.320. The number of likely N-dealkylation sites (tertiary alicyclic amines) is 6. The molecule has 8 nitrogen and oxygen atoms in total. The van der Waals surface area contributed by atoms with E-state index in [0.717, 1.165) is 5.92 Å². The van der Waals surface area contributed by atoms with Gasteiger partial charge in [-0.25, -0.2) is 5.01 Å². The summed E-state index contributed by atoms with van der Waals surface area (Å²) in [5.74, 6) is 0.238. The predicted octanol–water partition coefficient (Wildman–Crippen LogP) is 7.32. The molecule has 8 heteroatoms. The van der Waals surface area contributed by atoms with E-state index in [2.05, 4.69) is 81.0 Å². The number of nitrogens with zero attached hydrogens (tertiary/aromatic N) is 8. The molecule has 8 aliphatic heterocycles. The van der Waals surface area contributed by atoms with E-state index in [-0.39, 0.29) is 28.1 Å². The van der Waals surface area contributed by atoms with Gasteiger partial charge in [0.2, 0.25) is 0 Å². The minimum atomic E-state index is -0.252. The van der Waals surface area contributed by atoms with E-state index in [1.807, 2.05) is 0 Å². The van der Waals surface area contributed by atoms with Crippen LogP contribution in [0, 0.1) is 11.3 Å². The van der Waals surface area contributed by atoms with Crippen molar-refractivity contribution in [3.63, 3.8) is 0 Å². The van der Waals surface area contributed by atoms with E-state index in [4.69, 9.17) is 0 Å². The second-order valence-electron chi connectivity index (χ2n) is 20.1. The molecule has 0 aromatic carbocycles. The average Bonchev–Trinajstić information content (AvgIpc) is 3.96. The summed E-state index contributed by atoms with van der Waals surface area (Å²) < 4.78 is 0. The predicted molar refractivity (Wildman–Crippen MR) is 216 cm³/mol. The Morgan fingerprint density at radius 1 is 0.385 bits per heavy atom. The Bertz CT molecular complexity index is 1180. The molecule has 8 fully saturated rings. The second-order valence-corrected chi connectivity index (χ2v) is 20.1. The fourth-order valence-electron chi connectivity index (χ4n) is 14.7. The minimum absolute atomic E-state index is 0.0684. The molecule has 8 rings (SSSR count). The maximum Gasteiger partial charge on any atom is 0.167 e. The van der Waals surface area contributed by atoms with Gasteiger partial charge in [-0.15, -0.1) is 0 Å². The van der Waals surface area contributed by atoms with E-state index in [1.165, 1.54) is 201 Å². The van der Waals surface area contributed by atoms with Crippen molar-refractivity contribution >= 4 is 0 Å². The van der Waals surface area contributed by atoms with Crippen molar-refractivity contribution in [3.8, 4) is 0 Å². The lowest BCUT2D eigenvalue weighted by Gasteiger charge is -2.85. The summed E-state index contributed by atoms with van der Waals surface area (Å²) in [4.78, 5) is 19.2. The van der Waals surface area contributed by atoms with Crippen molar-refractivity contribution in [1.82, 2.24) is 39.4 Å². The highest BCUT2D eigenvalue weighted by molar-refractivity contribution is 5.34. The highest BCUT2D eigenvalue weighted by Gasteiger charge is 2.85. The Morgan fingerprint density at radius 2 is 0.808 bits per heavy atom. The van der Waals surface area contributed by atoms with Gasteiger partial charge < -0.3 is 0 Å². The number of hydrazine groups is 1. The van der Waals surface area contributed by atoms with Crippen LogP contribution >= 0.6 is 0 Å². The van der Waals surface area contributed by atoms with Gasteiger partial charge in [0.15, 0.2) is 11.6 Å². The van der Waals surface area contributed by atoms with Gasteiger partial charge >= 0.3 is 0 Å². The zero-order valence-corrected chi connectivity index (χ0v) is 35.2. The van der Waals surface area contributed by atoms with E-state index in [9.17, 15) is 0 Å². The van der Waals surface area contributed by atoms with Gasteiger partial charge in [-0.2, -0.15) is 5.01 Å². The van der Waals surface area contributed by atoms with Gasteiger partial charge in [0.25, 0.3) is 0 Å². The third-order valence-electron chi connectivity index (χ3n) is 17.2. The molecule has 0 aromatic heterocycles. The molecule has 0 aromatic rings. The van der Waals surface area contributed by atoms with Crippen molar-refractivity contribution < 1.29 is 0 Å². The molecule has 0 radical (unpaired) electrons. The van der Waals surface area contributed by atoms with Crippen LogP contribution < -0.4 is 0 Å². The van der Waals surface area contributed by atoms with Gasteiger partial charge in [-0.3, -0.25) is 29.4 Å². The van der Waals surface area contributed by atoms with Crippen molar-refractivity contribution in [1.29, 1.82) is 0 Å². The SMILES string of the molecule is CC1CCCN(N2C(N3CCCC3)(N3CCCCC3C)C(C)(C)C(C)(N3CCCC3)C(C)(N3CCCCCC3)C2(N2CCCCC2)N2CCCC2)C1. The number of hydrogen-bond acceptors (Lipinski definition) is 8. The maximum absolute atomic E-state index is 3.38. The van der Waals surface area contributed by atoms with Crippen LogP contribution in [0.15, 0.2) is 0 Å². The number of piperidine rings is 4. The molecular formula is C44H82N8. The molecule has 52 heavy (non-hydrogen) atoms. The smallest absolute Gasteiger partial charge is 0.167 e. The van der Waals surface area contributed by atoms with Gasteiger partial charge in [-0.05, 0) is 143 Å². The standard InChI is InChI=1S/C44H82N8/c1-38-23-22-35-50(37-38)52-43(47-31-18-19-32-47,51-36-15-10-24-39(51)2)40(3,4)41(5,45-27-16-17-28-45)42(6,46-25-11-7-8-12-26-46)44(52,49-33-20-21-34-49)48-29-13-9-14-30-48/h38-39H,7-37H2,1-6H3. The summed E-state index contributed by atoms with van der Waals surface area (Å²) in [6, 6.07) is 0.571. The maximum atomic E-state index is 3.38. The molecule has 298 valence electrons. The average molecular weight is 723 g/mol. The lowest BCUT2D eigenvalue weighted by Crippen LogP contribution is -3.03. The minimum Gasteiger partial charge on any atom is -0.295 e. The molecule has 8 aliphatic rings. The molecular weight excluding hydrogens is 641 g/mol. The third-order valence-corrected chi connectivity index (χ3v) is 17.2. The summed E-state index contributed by atoms with van der Waals surface area (Å²) in [5, 5.41) is 6.48. The molecule has 0 bridgehead atoms. The van der Waals surface area contributed by atoms with Crippen molar-refractivity contribution in [2.24, 2.45) is 11.3 Å². The number of rotatable bonds is 7. The van der Waals surface area contributed by atoms with E-state index in [1.54, 1.807) is 0 Å². The fraction of sp³-hybridized carbons (Fsp3) is 1.00. The molecule has 6 atom stereocenters. The normalized spacial score (nSPS) is 43.7. The highest BCUT2D eigenvalue weighted by atomic mass is 15.9. The van der Waals surface area contributed by atoms with Gasteiger partial charge in [0.1, 0.15) is 0 Å². The Morgan fingerprint density at radius 3 is 1.31 bits per heavy atom. The summed E-state index contributed by atoms with van der Waals surface area (Å²) in [7, 11) is 0. The van der Waals surface area contributed by atoms with E-state index < -0.39 is 0 Å². The first-order chi connectivity index (χ1) is 25.2. The summed E-state index contributed by atoms with van der Waals surface area (Å²) in [6.45, 7) is 32.8. The van der Waals surface area contributed by atoms with Crippen molar-refractivity contribution in [2.75, 3.05) is 85.1 Å². The van der Waals surface area contributed by atoms with Crippen molar-refractivity contribution in [3.05, 3.63) is 0 Å². The Kier molecular flexibility index (Phi) is 11.3. The zero-order chi connectivity index (χ0) is 36.2. The first kappa shape index (κ1) is 38.5. The van der Waals surface area contributed by atoms with Crippen LogP contribution in [0.5, 0.6) is 0 Å². The van der Waals surface area contributed by atoms with Gasteiger partial charge in [-0.1, -0.05) is 46.5 Å². The van der Waals surface area contributed by atoms with Crippen LogP contribution in [0.3, 0.4) is 0 Å². The van der Waals surface area contributed by atoms with Crippen LogP contribution in [0.2, 0.25) is 0 Å². The number of hydrogen-bond donors (Lipinski definition) is 0. The van der Waals surface area contributed by atoms with Crippen LogP contribution in [0.25, 0.3) is 0 Å². The van der Waals surface area contributed by atoms with Crippen LogP contribution in [-0.4, -0.2) is 153 Å². The molecule has 0 saturated carbocycles. The van der Waals surface area contributed by atoms with Gasteiger partial charge in [0.05, 0.1) is 11.1 Å². The lowest BCUT2D eigenvalue weighted by atomic mass is 9.50. The zero-order valence-electron chi connectivity index (χ0n) is 35.2. The van der Waals surface area contributed by atoms with Crippen LogP contribution in [-0.2, 0) is 0 Å². The first-order valence-electron chi connectivity index (χ1n) is 23.2. The summed E-state index contributed by atoms with van der Waals surface area (Å²) >= 11 is 0. The quantitative estimate of drug-likeness (QED) is 0.270. The monoisotopic (exact) mass is 723 g/mol. The molecule has 6 unspecified atom stereocenters. The highest BCUT2D eigenvalue weighted by Crippen LogP contribution is 2.68. The van der Waals surface area contributed by atoms with Crippen LogP contribution in [0.1, 0.15) is 157 Å². The van der Waals surface area contributed by atoms with E-state index in [0.29, 0.717) is 6.04 Å². The first-order valence-corrected chi connectivity index (χ1v) is 23.2. The summed E-state index contributed by atoms with van der Waals surface area (Å²) in [6.07, 6.45) is 24.4. The Labute approximate surface area is 320 Å². The third kappa shape index (κ3) is 5.47. The second kappa shape index (κ2) is 15.2. The fourth-order valence-corrected chi connectivity index (χ4v) is 14.7. The van der Waals surface area contributed by atoms with Crippen molar-refractivity contribution in [2.45, 2.75) is 186 Å². The molecule has 0 aliphatic carbocycles. The molecule has 8 saturated heterocycles. The molecule has 8 heterocycles. The topological polar surface area (TPSA) is 25.9 Å². The summed E-state index contributed by atoms with van der Waals surface area (Å²) in [5.41, 5.74) is -0.262. The van der Waals surface area contributed by atoms with Crippen LogP contribution in [0.4, 0.5) is 0 Å². The molecule has 0 spiro atoms. The molecule has 0 N–H and O–H groups in total. The van der Waals surface area contributed by atoms with Gasteiger partial charge in [0, 0.05) is 70.4 Å². The Balaban J connectivity index is 1.53. The van der Waals surface area contributed by atoms with E-state index >= 15 is 0 Å². The lowest BCUT2D eigenvalue weighted by molar-refractivity contribution is -0.464.